The van der Waals surface area contributed by atoms with E-state index in [4.69, 9.17) is 0 Å². The van der Waals surface area contributed by atoms with Crippen molar-refractivity contribution in [2.75, 3.05) is 17.2 Å². The molecule has 0 aliphatic rings. The normalized spacial score (nSPS) is 11.4. The predicted molar refractivity (Wildman–Crippen MR) is 75.3 cm³/mol. The molecule has 0 aliphatic heterocycles. The SMILES string of the molecule is CCCNc1nc(NCc2cscn2)cc(C(F)(F)F)n1. The molecule has 0 aromatic carbocycles. The zero-order valence-corrected chi connectivity index (χ0v) is 12.1. The smallest absolute Gasteiger partial charge is 0.364 e. The Hall–Kier alpha value is -1.90. The van der Waals surface area contributed by atoms with Gasteiger partial charge in [-0.15, -0.1) is 11.3 Å². The molecule has 0 fully saturated rings. The van der Waals surface area contributed by atoms with Gasteiger partial charge in [0, 0.05) is 18.0 Å². The van der Waals surface area contributed by atoms with Crippen LogP contribution in [0.15, 0.2) is 17.0 Å². The lowest BCUT2D eigenvalue weighted by molar-refractivity contribution is -0.141. The molecular formula is C12H14F3N5S. The second-order valence-corrected chi connectivity index (χ2v) is 4.94. The maximum atomic E-state index is 12.8. The minimum Gasteiger partial charge on any atom is -0.364 e. The summed E-state index contributed by atoms with van der Waals surface area (Å²) in [6.45, 7) is 2.72. The number of nitrogens with one attached hydrogen (secondary N) is 2. The van der Waals surface area contributed by atoms with E-state index in [0.29, 0.717) is 13.1 Å². The molecular weight excluding hydrogens is 303 g/mol. The first-order chi connectivity index (χ1) is 9.99. The lowest BCUT2D eigenvalue weighted by atomic mass is 10.3. The molecule has 2 aromatic heterocycles. The van der Waals surface area contributed by atoms with Gasteiger partial charge in [0.25, 0.3) is 0 Å². The number of hydrogen-bond acceptors (Lipinski definition) is 6. The summed E-state index contributed by atoms with van der Waals surface area (Å²) < 4.78 is 38.5. The molecule has 0 saturated heterocycles. The number of aromatic nitrogens is 3. The number of thiazole rings is 1. The average Bonchev–Trinajstić information content (AvgIpc) is 2.95. The van der Waals surface area contributed by atoms with E-state index in [1.807, 2.05) is 12.3 Å². The van der Waals surface area contributed by atoms with Crippen LogP contribution in [0.1, 0.15) is 24.7 Å². The van der Waals surface area contributed by atoms with Crippen LogP contribution >= 0.6 is 11.3 Å². The van der Waals surface area contributed by atoms with Gasteiger partial charge in [0.1, 0.15) is 5.82 Å². The van der Waals surface area contributed by atoms with E-state index in [1.165, 1.54) is 11.3 Å². The van der Waals surface area contributed by atoms with Crippen LogP contribution in [0.4, 0.5) is 24.9 Å². The van der Waals surface area contributed by atoms with Crippen LogP contribution < -0.4 is 10.6 Å². The highest BCUT2D eigenvalue weighted by molar-refractivity contribution is 7.07. The monoisotopic (exact) mass is 317 g/mol. The van der Waals surface area contributed by atoms with Crippen molar-refractivity contribution < 1.29 is 13.2 Å². The third kappa shape index (κ3) is 4.55. The van der Waals surface area contributed by atoms with E-state index in [0.717, 1.165) is 18.2 Å². The highest BCUT2D eigenvalue weighted by Gasteiger charge is 2.33. The van der Waals surface area contributed by atoms with Crippen LogP contribution in [0.25, 0.3) is 0 Å². The third-order valence-corrected chi connectivity index (χ3v) is 3.12. The molecule has 0 spiro atoms. The summed E-state index contributed by atoms with van der Waals surface area (Å²) in [5.41, 5.74) is 1.43. The van der Waals surface area contributed by atoms with Crippen LogP contribution in [0.5, 0.6) is 0 Å². The van der Waals surface area contributed by atoms with Crippen LogP contribution in [0.3, 0.4) is 0 Å². The van der Waals surface area contributed by atoms with Gasteiger partial charge in [-0.2, -0.15) is 18.2 Å². The Kier molecular flexibility index (Phi) is 4.94. The average molecular weight is 317 g/mol. The predicted octanol–water partition coefficient (Wildman–Crippen LogP) is 3.39. The second kappa shape index (κ2) is 6.70. The molecule has 0 bridgehead atoms. The van der Waals surface area contributed by atoms with Gasteiger partial charge in [-0.05, 0) is 6.42 Å². The van der Waals surface area contributed by atoms with Gasteiger partial charge in [0.05, 0.1) is 17.7 Å². The summed E-state index contributed by atoms with van der Waals surface area (Å²) >= 11 is 1.42. The molecule has 5 nitrogen and oxygen atoms in total. The number of nitrogens with zero attached hydrogens (tertiary/aromatic N) is 3. The number of rotatable bonds is 6. The number of anilines is 2. The largest absolute Gasteiger partial charge is 0.433 e. The highest BCUT2D eigenvalue weighted by Crippen LogP contribution is 2.29. The van der Waals surface area contributed by atoms with Crippen LogP contribution in [0, 0.1) is 0 Å². The van der Waals surface area contributed by atoms with Crippen molar-refractivity contribution in [1.29, 1.82) is 0 Å². The number of alkyl halides is 3. The van der Waals surface area contributed by atoms with Crippen LogP contribution in [-0.2, 0) is 12.7 Å². The summed E-state index contributed by atoms with van der Waals surface area (Å²) in [6.07, 6.45) is -3.75. The quantitative estimate of drug-likeness (QED) is 0.855. The van der Waals surface area contributed by atoms with Crippen molar-refractivity contribution in [3.05, 3.63) is 28.3 Å². The molecule has 21 heavy (non-hydrogen) atoms. The Labute approximate surface area is 123 Å². The van der Waals surface area contributed by atoms with Crippen molar-refractivity contribution in [2.24, 2.45) is 0 Å². The molecule has 2 aromatic rings. The van der Waals surface area contributed by atoms with E-state index < -0.39 is 11.9 Å². The Morgan fingerprint density at radius 3 is 2.67 bits per heavy atom. The van der Waals surface area contributed by atoms with E-state index in [2.05, 4.69) is 25.6 Å². The molecule has 114 valence electrons. The fourth-order valence-corrected chi connectivity index (χ4v) is 2.06. The Morgan fingerprint density at radius 1 is 1.24 bits per heavy atom. The summed E-state index contributed by atoms with van der Waals surface area (Å²) in [4.78, 5) is 11.6. The van der Waals surface area contributed by atoms with Gasteiger partial charge in [-0.3, -0.25) is 0 Å². The van der Waals surface area contributed by atoms with Crippen molar-refractivity contribution >= 4 is 23.1 Å². The molecule has 2 heterocycles. The van der Waals surface area contributed by atoms with Crippen LogP contribution in [0.2, 0.25) is 0 Å². The van der Waals surface area contributed by atoms with Gasteiger partial charge in [0.15, 0.2) is 5.69 Å². The zero-order chi connectivity index (χ0) is 15.3. The molecule has 0 unspecified atom stereocenters. The first-order valence-electron chi connectivity index (χ1n) is 6.30. The van der Waals surface area contributed by atoms with E-state index >= 15 is 0 Å². The zero-order valence-electron chi connectivity index (χ0n) is 11.2. The maximum absolute atomic E-state index is 12.8. The van der Waals surface area contributed by atoms with Crippen molar-refractivity contribution in [1.82, 2.24) is 15.0 Å². The minimum atomic E-state index is -4.51. The molecule has 2 rings (SSSR count). The van der Waals surface area contributed by atoms with Crippen LogP contribution in [-0.4, -0.2) is 21.5 Å². The molecule has 0 aliphatic carbocycles. The highest BCUT2D eigenvalue weighted by atomic mass is 32.1. The molecule has 0 saturated carbocycles. The topological polar surface area (TPSA) is 62.7 Å². The van der Waals surface area contributed by atoms with Crippen molar-refractivity contribution in [3.63, 3.8) is 0 Å². The van der Waals surface area contributed by atoms with Crippen molar-refractivity contribution in [3.8, 4) is 0 Å². The summed E-state index contributed by atoms with van der Waals surface area (Å²) in [5.74, 6) is 0.0800. The molecule has 0 amide bonds. The standard InChI is InChI=1S/C12H14F3N5S/c1-2-3-16-11-19-9(12(13,14)15)4-10(20-11)17-5-8-6-21-7-18-8/h4,6-7H,2-3,5H2,1H3,(H2,16,17,19,20). The van der Waals surface area contributed by atoms with E-state index in [-0.39, 0.29) is 11.8 Å². The lowest BCUT2D eigenvalue weighted by Crippen LogP contribution is -2.14. The lowest BCUT2D eigenvalue weighted by Gasteiger charge is -2.12. The first kappa shape index (κ1) is 15.5. The molecule has 0 radical (unpaired) electrons. The fourth-order valence-electron chi connectivity index (χ4n) is 1.50. The fraction of sp³-hybridized carbons (Fsp3) is 0.417. The Bertz CT molecular complexity index is 571. The Morgan fingerprint density at radius 2 is 2.05 bits per heavy atom. The van der Waals surface area contributed by atoms with Crippen molar-refractivity contribution in [2.45, 2.75) is 26.1 Å². The maximum Gasteiger partial charge on any atom is 0.433 e. The second-order valence-electron chi connectivity index (χ2n) is 4.22. The Balaban J connectivity index is 2.17. The molecule has 0 atom stereocenters. The minimum absolute atomic E-state index is 0.0348. The van der Waals surface area contributed by atoms with Gasteiger partial charge in [-0.1, -0.05) is 6.92 Å². The number of hydrogen-bond donors (Lipinski definition) is 2. The summed E-state index contributed by atoms with van der Waals surface area (Å²) in [5, 5.41) is 7.41. The van der Waals surface area contributed by atoms with Gasteiger partial charge >= 0.3 is 6.18 Å². The summed E-state index contributed by atoms with van der Waals surface area (Å²) in [7, 11) is 0. The first-order valence-corrected chi connectivity index (χ1v) is 7.24. The van der Waals surface area contributed by atoms with Gasteiger partial charge in [0.2, 0.25) is 5.95 Å². The molecule has 9 heteroatoms. The van der Waals surface area contributed by atoms with E-state index in [1.54, 1.807) is 5.51 Å². The van der Waals surface area contributed by atoms with Gasteiger partial charge < -0.3 is 10.6 Å². The molecule has 2 N–H and O–H groups in total. The van der Waals surface area contributed by atoms with Gasteiger partial charge in [-0.25, -0.2) is 9.97 Å². The van der Waals surface area contributed by atoms with E-state index in [9.17, 15) is 13.2 Å². The number of halogens is 3. The summed E-state index contributed by atoms with van der Waals surface area (Å²) in [6, 6.07) is 0.892. The third-order valence-electron chi connectivity index (χ3n) is 2.48.